The quantitative estimate of drug-likeness (QED) is 0.443. The molecule has 1 saturated carbocycles. The minimum absolute atomic E-state index is 0.191. The van der Waals surface area contributed by atoms with Crippen LogP contribution in [0.4, 0.5) is 0 Å². The first-order valence-electron chi connectivity index (χ1n) is 8.67. The molecular weight excluding hydrogens is 308 g/mol. The number of carbonyl (C=O) groups excluding carboxylic acids is 4. The zero-order valence-corrected chi connectivity index (χ0v) is 14.2. The number of fused-ring (bicyclic) bond motifs is 1. The number of allylic oxidation sites excluding steroid dienone is 2. The molecule has 2 bridgehead atoms. The van der Waals surface area contributed by atoms with Gasteiger partial charge >= 0.3 is 0 Å². The SMILES string of the molecule is CCC(C)(CC)NC(=O)C1C(C=O)C2C=CC1C1C(=O)NC(=O)C21. The second-order valence-corrected chi connectivity index (χ2v) is 7.44. The molecule has 0 radical (unpaired) electrons. The summed E-state index contributed by atoms with van der Waals surface area (Å²) >= 11 is 0. The maximum atomic E-state index is 12.9. The van der Waals surface area contributed by atoms with Crippen molar-refractivity contribution in [2.45, 2.75) is 39.2 Å². The molecule has 1 saturated heterocycles. The fourth-order valence-electron chi connectivity index (χ4n) is 4.48. The number of hydrogen-bond acceptors (Lipinski definition) is 4. The van der Waals surface area contributed by atoms with Gasteiger partial charge in [0.05, 0.1) is 17.8 Å². The third-order valence-electron chi connectivity index (χ3n) is 6.34. The molecule has 6 atom stereocenters. The minimum atomic E-state index is -0.590. The van der Waals surface area contributed by atoms with Crippen LogP contribution < -0.4 is 10.6 Å². The van der Waals surface area contributed by atoms with E-state index in [4.69, 9.17) is 0 Å². The summed E-state index contributed by atoms with van der Waals surface area (Å²) in [6.45, 7) is 5.99. The highest BCUT2D eigenvalue weighted by Gasteiger charge is 2.61. The highest BCUT2D eigenvalue weighted by Crippen LogP contribution is 2.52. The number of hydrogen-bond donors (Lipinski definition) is 2. The molecule has 2 N–H and O–H groups in total. The van der Waals surface area contributed by atoms with E-state index in [2.05, 4.69) is 10.6 Å². The van der Waals surface area contributed by atoms with Crippen molar-refractivity contribution in [3.8, 4) is 0 Å². The van der Waals surface area contributed by atoms with Crippen molar-refractivity contribution in [1.29, 1.82) is 0 Å². The van der Waals surface area contributed by atoms with Crippen molar-refractivity contribution < 1.29 is 19.2 Å². The molecule has 4 aliphatic rings. The van der Waals surface area contributed by atoms with Crippen molar-refractivity contribution in [3.63, 3.8) is 0 Å². The van der Waals surface area contributed by atoms with E-state index >= 15 is 0 Å². The summed E-state index contributed by atoms with van der Waals surface area (Å²) in [6.07, 6.45) is 6.04. The summed E-state index contributed by atoms with van der Waals surface area (Å²) in [7, 11) is 0. The molecule has 6 nitrogen and oxygen atoms in total. The summed E-state index contributed by atoms with van der Waals surface area (Å²) in [5.74, 6) is -3.81. The number of aldehydes is 1. The maximum Gasteiger partial charge on any atom is 0.231 e. The molecule has 0 aromatic rings. The molecular formula is C18H24N2O4. The molecule has 0 aromatic carbocycles. The van der Waals surface area contributed by atoms with Crippen LogP contribution in [0, 0.1) is 35.5 Å². The zero-order chi connectivity index (χ0) is 17.6. The van der Waals surface area contributed by atoms with Crippen LogP contribution in [-0.2, 0) is 19.2 Å². The van der Waals surface area contributed by atoms with Crippen LogP contribution in [0.5, 0.6) is 0 Å². The first kappa shape index (κ1) is 16.9. The van der Waals surface area contributed by atoms with Crippen molar-refractivity contribution >= 4 is 24.0 Å². The number of imide groups is 1. The summed E-state index contributed by atoms with van der Waals surface area (Å²) in [5.41, 5.74) is -0.335. The molecule has 6 unspecified atom stereocenters. The fourth-order valence-corrected chi connectivity index (χ4v) is 4.48. The van der Waals surface area contributed by atoms with Gasteiger partial charge in [-0.2, -0.15) is 0 Å². The summed E-state index contributed by atoms with van der Waals surface area (Å²) < 4.78 is 0. The van der Waals surface area contributed by atoms with Crippen LogP contribution in [0.25, 0.3) is 0 Å². The van der Waals surface area contributed by atoms with Gasteiger partial charge in [-0.1, -0.05) is 26.0 Å². The second kappa shape index (κ2) is 5.83. The Morgan fingerprint density at radius 1 is 1.17 bits per heavy atom. The summed E-state index contributed by atoms with van der Waals surface area (Å²) in [6, 6.07) is 0. The van der Waals surface area contributed by atoms with Gasteiger partial charge in [-0.05, 0) is 25.7 Å². The van der Waals surface area contributed by atoms with E-state index in [1.54, 1.807) is 0 Å². The van der Waals surface area contributed by atoms with Gasteiger partial charge in [0.2, 0.25) is 17.7 Å². The minimum Gasteiger partial charge on any atom is -0.351 e. The highest BCUT2D eigenvalue weighted by molar-refractivity contribution is 6.06. The van der Waals surface area contributed by atoms with E-state index in [9.17, 15) is 19.2 Å². The third-order valence-corrected chi connectivity index (χ3v) is 6.34. The van der Waals surface area contributed by atoms with Crippen molar-refractivity contribution in [2.24, 2.45) is 35.5 Å². The van der Waals surface area contributed by atoms with Gasteiger partial charge in [0.25, 0.3) is 0 Å². The van der Waals surface area contributed by atoms with Crippen molar-refractivity contribution in [3.05, 3.63) is 12.2 Å². The van der Waals surface area contributed by atoms with Gasteiger partial charge in [-0.15, -0.1) is 0 Å². The smallest absolute Gasteiger partial charge is 0.231 e. The zero-order valence-electron chi connectivity index (χ0n) is 14.2. The molecule has 1 heterocycles. The Bertz CT molecular complexity index is 623. The first-order valence-corrected chi connectivity index (χ1v) is 8.67. The average Bonchev–Trinajstić information content (AvgIpc) is 2.90. The number of nitrogens with one attached hydrogen (secondary N) is 2. The molecule has 24 heavy (non-hydrogen) atoms. The van der Waals surface area contributed by atoms with Crippen LogP contribution in [0.3, 0.4) is 0 Å². The Kier molecular flexibility index (Phi) is 4.10. The second-order valence-electron chi connectivity index (χ2n) is 7.44. The highest BCUT2D eigenvalue weighted by atomic mass is 16.2. The van der Waals surface area contributed by atoms with Gasteiger partial charge < -0.3 is 10.1 Å². The topological polar surface area (TPSA) is 92.3 Å². The lowest BCUT2D eigenvalue weighted by atomic mass is 9.54. The van der Waals surface area contributed by atoms with E-state index in [1.807, 2.05) is 32.9 Å². The number of rotatable bonds is 5. The normalized spacial score (nSPS) is 37.1. The van der Waals surface area contributed by atoms with E-state index in [-0.39, 0.29) is 29.2 Å². The Morgan fingerprint density at radius 3 is 2.25 bits per heavy atom. The molecule has 4 rings (SSSR count). The van der Waals surface area contributed by atoms with Gasteiger partial charge in [0, 0.05) is 17.4 Å². The lowest BCUT2D eigenvalue weighted by Crippen LogP contribution is -2.57. The molecule has 2 fully saturated rings. The maximum absolute atomic E-state index is 12.9. The summed E-state index contributed by atoms with van der Waals surface area (Å²) in [5, 5.41) is 5.44. The van der Waals surface area contributed by atoms with E-state index in [1.165, 1.54) is 0 Å². The monoisotopic (exact) mass is 332 g/mol. The Morgan fingerprint density at radius 2 is 1.71 bits per heavy atom. The predicted octanol–water partition coefficient (Wildman–Crippen LogP) is 0.817. The van der Waals surface area contributed by atoms with E-state index in [0.717, 1.165) is 19.1 Å². The van der Waals surface area contributed by atoms with Crippen molar-refractivity contribution in [2.75, 3.05) is 0 Å². The van der Waals surface area contributed by atoms with Gasteiger partial charge in [0.15, 0.2) is 0 Å². The molecule has 3 aliphatic carbocycles. The Balaban J connectivity index is 1.93. The van der Waals surface area contributed by atoms with E-state index in [0.29, 0.717) is 0 Å². The number of carbonyl (C=O) groups is 4. The van der Waals surface area contributed by atoms with Crippen molar-refractivity contribution in [1.82, 2.24) is 10.6 Å². The molecule has 130 valence electrons. The fraction of sp³-hybridized carbons (Fsp3) is 0.667. The van der Waals surface area contributed by atoms with Crippen LogP contribution in [-0.4, -0.2) is 29.5 Å². The van der Waals surface area contributed by atoms with Crippen LogP contribution in [0.1, 0.15) is 33.6 Å². The molecule has 6 heteroatoms. The average molecular weight is 332 g/mol. The Labute approximate surface area is 141 Å². The largest absolute Gasteiger partial charge is 0.351 e. The van der Waals surface area contributed by atoms with Crippen LogP contribution in [0.2, 0.25) is 0 Å². The lowest BCUT2D eigenvalue weighted by Gasteiger charge is -2.47. The van der Waals surface area contributed by atoms with Gasteiger partial charge in [-0.3, -0.25) is 19.7 Å². The third kappa shape index (κ3) is 2.31. The lowest BCUT2D eigenvalue weighted by molar-refractivity contribution is -0.145. The first-order chi connectivity index (χ1) is 11.4. The molecule has 3 amide bonds. The molecule has 0 aromatic heterocycles. The van der Waals surface area contributed by atoms with E-state index < -0.39 is 29.6 Å². The van der Waals surface area contributed by atoms with Gasteiger partial charge in [-0.25, -0.2) is 0 Å². The molecule has 0 spiro atoms. The molecule has 1 aliphatic heterocycles. The Hall–Kier alpha value is -1.98. The van der Waals surface area contributed by atoms with Gasteiger partial charge in [0.1, 0.15) is 6.29 Å². The standard InChI is InChI=1S/C18H24N2O4/c1-4-18(3,5-2)20-17(24)12-10-7-6-9(11(12)8-21)13-14(10)16(23)19-15(13)22/h6-14H,4-5H2,1-3H3,(H,20,24)(H,19,22,23). The van der Waals surface area contributed by atoms with Crippen LogP contribution >= 0.6 is 0 Å². The van der Waals surface area contributed by atoms with Crippen LogP contribution in [0.15, 0.2) is 12.2 Å². The summed E-state index contributed by atoms with van der Waals surface area (Å²) in [4.78, 5) is 48.9. The predicted molar refractivity (Wildman–Crippen MR) is 86.4 cm³/mol. The number of amides is 3.